The minimum atomic E-state index is -3.51. The van der Waals surface area contributed by atoms with Crippen LogP contribution in [0.4, 0.5) is 10.8 Å². The van der Waals surface area contributed by atoms with Crippen LogP contribution in [0.2, 0.25) is 0 Å². The summed E-state index contributed by atoms with van der Waals surface area (Å²) in [6.45, 7) is 6.36. The third kappa shape index (κ3) is 3.48. The van der Waals surface area contributed by atoms with Gasteiger partial charge in [-0.3, -0.25) is 9.08 Å². The third-order valence-electron chi connectivity index (χ3n) is 4.82. The Morgan fingerprint density at radius 2 is 1.97 bits per heavy atom. The van der Waals surface area contributed by atoms with Crippen molar-refractivity contribution in [3.63, 3.8) is 0 Å². The van der Waals surface area contributed by atoms with E-state index < -0.39 is 10.0 Å². The maximum absolute atomic E-state index is 12.9. The van der Waals surface area contributed by atoms with Crippen LogP contribution in [0.15, 0.2) is 41.3 Å². The third-order valence-corrected chi connectivity index (χ3v) is 8.64. The zero-order chi connectivity index (χ0) is 21.5. The zero-order valence-corrected chi connectivity index (χ0v) is 18.8. The van der Waals surface area contributed by atoms with Crippen LogP contribution in [0.3, 0.4) is 0 Å². The lowest BCUT2D eigenvalue weighted by Crippen LogP contribution is -2.30. The van der Waals surface area contributed by atoms with E-state index >= 15 is 0 Å². The van der Waals surface area contributed by atoms with Gasteiger partial charge in [-0.2, -0.15) is 9.40 Å². The van der Waals surface area contributed by atoms with Gasteiger partial charge in [0.15, 0.2) is 11.5 Å². The van der Waals surface area contributed by atoms with Gasteiger partial charge < -0.3 is 5.32 Å². The maximum atomic E-state index is 12.9. The molecular formula is C19H23N7O2S2. The Labute approximate surface area is 179 Å². The normalized spacial score (nSPS) is 12.2. The molecule has 4 rings (SSSR count). The number of thiophene rings is 1. The summed E-state index contributed by atoms with van der Waals surface area (Å²) in [6.07, 6.45) is 9.00. The van der Waals surface area contributed by atoms with E-state index in [-0.39, 0.29) is 0 Å². The first-order chi connectivity index (χ1) is 14.3. The average Bonchev–Trinajstić information content (AvgIpc) is 3.41. The minimum Gasteiger partial charge on any atom is -0.329 e. The topological polar surface area (TPSA) is 97.4 Å². The van der Waals surface area contributed by atoms with E-state index in [1.807, 2.05) is 50.7 Å². The molecule has 11 heteroatoms. The second-order valence-electron chi connectivity index (χ2n) is 6.81. The van der Waals surface area contributed by atoms with Crippen molar-refractivity contribution >= 4 is 37.8 Å². The van der Waals surface area contributed by atoms with Gasteiger partial charge in [0.2, 0.25) is 0 Å². The molecule has 0 aliphatic heterocycles. The molecule has 4 aromatic heterocycles. The lowest BCUT2D eigenvalue weighted by molar-refractivity contribution is 0.446. The zero-order valence-electron chi connectivity index (χ0n) is 17.2. The van der Waals surface area contributed by atoms with Crippen molar-refractivity contribution in [1.82, 2.24) is 28.5 Å². The van der Waals surface area contributed by atoms with Crippen LogP contribution in [-0.2, 0) is 17.1 Å². The molecule has 30 heavy (non-hydrogen) atoms. The van der Waals surface area contributed by atoms with E-state index in [9.17, 15) is 8.42 Å². The first-order valence-electron chi connectivity index (χ1n) is 9.53. The Bertz CT molecular complexity index is 1300. The fourth-order valence-electron chi connectivity index (χ4n) is 3.36. The van der Waals surface area contributed by atoms with Crippen molar-refractivity contribution < 1.29 is 8.42 Å². The molecule has 0 saturated heterocycles. The summed E-state index contributed by atoms with van der Waals surface area (Å²) in [6, 6.07) is 1.83. The molecule has 4 heterocycles. The van der Waals surface area contributed by atoms with E-state index in [0.717, 1.165) is 11.3 Å². The highest BCUT2D eigenvalue weighted by molar-refractivity contribution is 7.91. The molecule has 0 unspecified atom stereocenters. The van der Waals surface area contributed by atoms with E-state index in [1.54, 1.807) is 23.3 Å². The van der Waals surface area contributed by atoms with Crippen LogP contribution in [0.5, 0.6) is 0 Å². The van der Waals surface area contributed by atoms with E-state index in [4.69, 9.17) is 0 Å². The largest absolute Gasteiger partial charge is 0.329 e. The molecule has 0 bridgehead atoms. The molecular weight excluding hydrogens is 422 g/mol. The van der Waals surface area contributed by atoms with Gasteiger partial charge in [0.05, 0.1) is 23.1 Å². The van der Waals surface area contributed by atoms with E-state index in [2.05, 4.69) is 20.4 Å². The number of rotatable bonds is 7. The van der Waals surface area contributed by atoms with Gasteiger partial charge in [0.25, 0.3) is 10.0 Å². The minimum absolute atomic E-state index is 0.347. The van der Waals surface area contributed by atoms with Gasteiger partial charge >= 0.3 is 0 Å². The molecule has 0 amide bonds. The molecule has 0 aromatic carbocycles. The SMILES string of the molecule is CCN(CC)S(=O)(=O)c1sc(Nc2nccn3c(-c4cnn(C)c4)cnc23)cc1C. The Kier molecular flexibility index (Phi) is 5.35. The number of anilines is 2. The monoisotopic (exact) mass is 445 g/mol. The highest BCUT2D eigenvalue weighted by atomic mass is 32.2. The van der Waals surface area contributed by atoms with Crippen LogP contribution in [0.25, 0.3) is 16.9 Å². The highest BCUT2D eigenvalue weighted by Crippen LogP contribution is 2.35. The summed E-state index contributed by atoms with van der Waals surface area (Å²) in [7, 11) is -1.65. The summed E-state index contributed by atoms with van der Waals surface area (Å²) < 4.78 is 31.3. The number of hydrogen-bond acceptors (Lipinski definition) is 7. The second-order valence-corrected chi connectivity index (χ2v) is 10.00. The van der Waals surface area contributed by atoms with Crippen LogP contribution < -0.4 is 5.32 Å². The maximum Gasteiger partial charge on any atom is 0.252 e. The Hall–Kier alpha value is -2.76. The smallest absolute Gasteiger partial charge is 0.252 e. The lowest BCUT2D eigenvalue weighted by Gasteiger charge is -2.17. The molecule has 0 aliphatic rings. The molecule has 0 spiro atoms. The van der Waals surface area contributed by atoms with Crippen LogP contribution in [0.1, 0.15) is 19.4 Å². The number of nitrogens with one attached hydrogen (secondary N) is 1. The predicted octanol–water partition coefficient (Wildman–Crippen LogP) is 3.27. The summed E-state index contributed by atoms with van der Waals surface area (Å²) in [5.41, 5.74) is 3.20. The van der Waals surface area contributed by atoms with E-state index in [0.29, 0.717) is 39.3 Å². The van der Waals surface area contributed by atoms with Crippen molar-refractivity contribution in [1.29, 1.82) is 0 Å². The van der Waals surface area contributed by atoms with Crippen LogP contribution >= 0.6 is 11.3 Å². The van der Waals surface area contributed by atoms with Gasteiger partial charge in [-0.05, 0) is 18.6 Å². The number of hydrogen-bond donors (Lipinski definition) is 1. The molecule has 1 N–H and O–H groups in total. The molecule has 4 aromatic rings. The van der Waals surface area contributed by atoms with Gasteiger partial charge in [-0.25, -0.2) is 18.4 Å². The fraction of sp³-hybridized carbons (Fsp3) is 0.316. The van der Waals surface area contributed by atoms with Gasteiger partial charge in [-0.1, -0.05) is 13.8 Å². The Balaban J connectivity index is 1.70. The Morgan fingerprint density at radius 1 is 1.20 bits per heavy atom. The number of aryl methyl sites for hydroxylation is 2. The van der Waals surface area contributed by atoms with E-state index in [1.165, 1.54) is 15.6 Å². The van der Waals surface area contributed by atoms with Crippen molar-refractivity contribution in [3.05, 3.63) is 42.6 Å². The Morgan fingerprint density at radius 3 is 2.63 bits per heavy atom. The number of fused-ring (bicyclic) bond motifs is 1. The first kappa shape index (κ1) is 20.5. The number of nitrogens with zero attached hydrogens (tertiary/aromatic N) is 6. The summed E-state index contributed by atoms with van der Waals surface area (Å²) in [4.78, 5) is 8.93. The standard InChI is InChI=1S/C19H23N7O2S2/c1-5-25(6-2)30(27,28)19-13(3)9-16(29-19)23-17-18-21-11-15(26(18)8-7-20-17)14-10-22-24(4)12-14/h7-12H,5-6H2,1-4H3,(H,20,23). The van der Waals surface area contributed by atoms with Gasteiger partial charge in [-0.15, -0.1) is 11.3 Å². The molecule has 0 radical (unpaired) electrons. The molecule has 0 saturated carbocycles. The molecule has 0 atom stereocenters. The molecule has 158 valence electrons. The molecule has 0 fully saturated rings. The highest BCUT2D eigenvalue weighted by Gasteiger charge is 2.26. The predicted molar refractivity (Wildman–Crippen MR) is 118 cm³/mol. The van der Waals surface area contributed by atoms with Crippen LogP contribution in [-0.4, -0.2) is 50.0 Å². The summed E-state index contributed by atoms with van der Waals surface area (Å²) >= 11 is 1.20. The average molecular weight is 446 g/mol. The quantitative estimate of drug-likeness (QED) is 0.469. The second kappa shape index (κ2) is 7.82. The summed E-state index contributed by atoms with van der Waals surface area (Å²) in [5, 5.41) is 8.16. The lowest BCUT2D eigenvalue weighted by atomic mass is 10.3. The molecule has 9 nitrogen and oxygen atoms in total. The van der Waals surface area contributed by atoms with Gasteiger partial charge in [0.1, 0.15) is 4.21 Å². The van der Waals surface area contributed by atoms with Crippen molar-refractivity contribution in [3.8, 4) is 11.3 Å². The first-order valence-corrected chi connectivity index (χ1v) is 11.8. The number of sulfonamides is 1. The number of imidazole rings is 1. The van der Waals surface area contributed by atoms with Gasteiger partial charge in [0, 0.05) is 44.3 Å². The fourth-order valence-corrected chi connectivity index (χ4v) is 6.55. The van der Waals surface area contributed by atoms with Crippen LogP contribution in [0, 0.1) is 6.92 Å². The number of aromatic nitrogens is 5. The summed E-state index contributed by atoms with van der Waals surface area (Å²) in [5.74, 6) is 0.556. The van der Waals surface area contributed by atoms with Crippen molar-refractivity contribution in [2.24, 2.45) is 7.05 Å². The van der Waals surface area contributed by atoms with Crippen molar-refractivity contribution in [2.75, 3.05) is 18.4 Å². The van der Waals surface area contributed by atoms with Crippen molar-refractivity contribution in [2.45, 2.75) is 25.0 Å². The molecule has 0 aliphatic carbocycles.